The van der Waals surface area contributed by atoms with Gasteiger partial charge in [-0.2, -0.15) is 0 Å². The zero-order valence-electron chi connectivity index (χ0n) is 11.5. The van der Waals surface area contributed by atoms with E-state index in [1.54, 1.807) is 0 Å². The zero-order chi connectivity index (χ0) is 13.1. The number of ether oxygens (including phenoxy) is 1. The van der Waals surface area contributed by atoms with Gasteiger partial charge in [0.15, 0.2) is 0 Å². The van der Waals surface area contributed by atoms with Crippen molar-refractivity contribution in [2.75, 3.05) is 19.8 Å². The molecule has 0 bridgehead atoms. The van der Waals surface area contributed by atoms with E-state index in [1.165, 1.54) is 22.9 Å². The summed E-state index contributed by atoms with van der Waals surface area (Å²) >= 11 is 0. The maximum Gasteiger partial charge on any atom is 0.0509 e. The van der Waals surface area contributed by atoms with Gasteiger partial charge in [0.1, 0.15) is 0 Å². The van der Waals surface area contributed by atoms with E-state index < -0.39 is 0 Å². The Bertz CT molecular complexity index is 528. The third-order valence-electron chi connectivity index (χ3n) is 4.21. The lowest BCUT2D eigenvalue weighted by atomic mass is 10.0. The monoisotopic (exact) mass is 258 g/mol. The standard InChI is InChI=1S/C16H22N2O/c1-12(14-7-9-19-11-14)17-8-6-13-10-18-16-5-3-2-4-15(13)16/h2-5,10,12,14,17-18H,6-9,11H2,1H3. The third-order valence-corrected chi connectivity index (χ3v) is 4.21. The van der Waals surface area contributed by atoms with Gasteiger partial charge in [-0.1, -0.05) is 18.2 Å². The fourth-order valence-electron chi connectivity index (χ4n) is 2.89. The van der Waals surface area contributed by atoms with E-state index in [0.29, 0.717) is 12.0 Å². The van der Waals surface area contributed by atoms with Gasteiger partial charge in [0, 0.05) is 29.7 Å². The molecule has 0 spiro atoms. The molecule has 1 aromatic carbocycles. The molecule has 3 heteroatoms. The Kier molecular flexibility index (Phi) is 3.85. The second-order valence-electron chi connectivity index (χ2n) is 5.48. The van der Waals surface area contributed by atoms with Gasteiger partial charge in [0.05, 0.1) is 6.61 Å². The first kappa shape index (κ1) is 12.7. The van der Waals surface area contributed by atoms with Gasteiger partial charge >= 0.3 is 0 Å². The summed E-state index contributed by atoms with van der Waals surface area (Å²) < 4.78 is 5.44. The number of rotatable bonds is 5. The molecule has 1 fully saturated rings. The summed E-state index contributed by atoms with van der Waals surface area (Å²) in [6.07, 6.45) is 4.40. The molecule has 2 aromatic rings. The normalized spacial score (nSPS) is 21.0. The minimum absolute atomic E-state index is 0.549. The lowest BCUT2D eigenvalue weighted by molar-refractivity contribution is 0.178. The average Bonchev–Trinajstić information content (AvgIpc) is 3.08. The van der Waals surface area contributed by atoms with Crippen LogP contribution in [0.25, 0.3) is 10.9 Å². The third kappa shape index (κ3) is 2.82. The molecule has 2 heterocycles. The van der Waals surface area contributed by atoms with E-state index in [9.17, 15) is 0 Å². The van der Waals surface area contributed by atoms with Crippen LogP contribution in [0.15, 0.2) is 30.5 Å². The molecule has 3 rings (SSSR count). The number of hydrogen-bond donors (Lipinski definition) is 2. The van der Waals surface area contributed by atoms with Crippen LogP contribution in [0.3, 0.4) is 0 Å². The van der Waals surface area contributed by atoms with E-state index in [2.05, 4.69) is 47.7 Å². The van der Waals surface area contributed by atoms with E-state index >= 15 is 0 Å². The first-order chi connectivity index (χ1) is 9.34. The van der Waals surface area contributed by atoms with Crippen LogP contribution in [0.4, 0.5) is 0 Å². The Morgan fingerprint density at radius 2 is 2.32 bits per heavy atom. The van der Waals surface area contributed by atoms with Crippen LogP contribution >= 0.6 is 0 Å². The van der Waals surface area contributed by atoms with Crippen LogP contribution in [0.2, 0.25) is 0 Å². The number of aromatic amines is 1. The van der Waals surface area contributed by atoms with Crippen molar-refractivity contribution in [3.63, 3.8) is 0 Å². The lowest BCUT2D eigenvalue weighted by Crippen LogP contribution is -2.35. The number of hydrogen-bond acceptors (Lipinski definition) is 2. The molecule has 0 radical (unpaired) electrons. The molecule has 2 atom stereocenters. The van der Waals surface area contributed by atoms with Crippen molar-refractivity contribution in [2.45, 2.75) is 25.8 Å². The van der Waals surface area contributed by atoms with Crippen molar-refractivity contribution in [3.8, 4) is 0 Å². The van der Waals surface area contributed by atoms with Gasteiger partial charge in [0.2, 0.25) is 0 Å². The Labute approximate surface area is 114 Å². The van der Waals surface area contributed by atoms with Crippen LogP contribution in [-0.2, 0) is 11.2 Å². The summed E-state index contributed by atoms with van der Waals surface area (Å²) in [7, 11) is 0. The smallest absolute Gasteiger partial charge is 0.0509 e. The number of H-pyrrole nitrogens is 1. The quantitative estimate of drug-likeness (QED) is 0.865. The number of nitrogens with one attached hydrogen (secondary N) is 2. The molecule has 19 heavy (non-hydrogen) atoms. The highest BCUT2D eigenvalue weighted by atomic mass is 16.5. The van der Waals surface area contributed by atoms with Crippen molar-refractivity contribution >= 4 is 10.9 Å². The van der Waals surface area contributed by atoms with Gasteiger partial charge in [-0.05, 0) is 43.9 Å². The molecule has 0 saturated carbocycles. The summed E-state index contributed by atoms with van der Waals surface area (Å²) in [5, 5.41) is 4.98. The fourth-order valence-corrected chi connectivity index (χ4v) is 2.89. The van der Waals surface area contributed by atoms with Gasteiger partial charge in [0.25, 0.3) is 0 Å². The van der Waals surface area contributed by atoms with E-state index in [0.717, 1.165) is 26.2 Å². The molecular weight excluding hydrogens is 236 g/mol. The van der Waals surface area contributed by atoms with Crippen molar-refractivity contribution in [1.29, 1.82) is 0 Å². The predicted molar refractivity (Wildman–Crippen MR) is 78.4 cm³/mol. The molecule has 2 N–H and O–H groups in total. The first-order valence-corrected chi connectivity index (χ1v) is 7.21. The number of fused-ring (bicyclic) bond motifs is 1. The SMILES string of the molecule is CC(NCCc1c[nH]c2ccccc12)C1CCOC1. The highest BCUT2D eigenvalue weighted by molar-refractivity contribution is 5.83. The fraction of sp³-hybridized carbons (Fsp3) is 0.500. The van der Waals surface area contributed by atoms with Gasteiger partial charge in [-0.15, -0.1) is 0 Å². The summed E-state index contributed by atoms with van der Waals surface area (Å²) in [4.78, 5) is 3.33. The number of aromatic nitrogens is 1. The second kappa shape index (κ2) is 5.76. The predicted octanol–water partition coefficient (Wildman–Crippen LogP) is 2.73. The van der Waals surface area contributed by atoms with Gasteiger partial charge < -0.3 is 15.0 Å². The number of benzene rings is 1. The van der Waals surface area contributed by atoms with Crippen molar-refractivity contribution < 1.29 is 4.74 Å². The highest BCUT2D eigenvalue weighted by Gasteiger charge is 2.21. The summed E-state index contributed by atoms with van der Waals surface area (Å²) in [6, 6.07) is 9.04. The molecule has 2 unspecified atom stereocenters. The van der Waals surface area contributed by atoms with E-state index in [4.69, 9.17) is 4.74 Å². The maximum absolute atomic E-state index is 5.44. The highest BCUT2D eigenvalue weighted by Crippen LogP contribution is 2.19. The minimum atomic E-state index is 0.549. The molecule has 0 amide bonds. The van der Waals surface area contributed by atoms with Crippen LogP contribution in [0.1, 0.15) is 18.9 Å². The summed E-state index contributed by atoms with van der Waals surface area (Å²) in [5.74, 6) is 0.683. The molecular formula is C16H22N2O. The maximum atomic E-state index is 5.44. The van der Waals surface area contributed by atoms with Crippen molar-refractivity contribution in [3.05, 3.63) is 36.0 Å². The summed E-state index contributed by atoms with van der Waals surface area (Å²) in [6.45, 7) is 5.15. The van der Waals surface area contributed by atoms with Crippen LogP contribution in [-0.4, -0.2) is 30.8 Å². The van der Waals surface area contributed by atoms with E-state index in [1.807, 2.05) is 0 Å². The zero-order valence-corrected chi connectivity index (χ0v) is 11.5. The average molecular weight is 258 g/mol. The Hall–Kier alpha value is -1.32. The molecule has 1 aromatic heterocycles. The van der Waals surface area contributed by atoms with Crippen LogP contribution < -0.4 is 5.32 Å². The topological polar surface area (TPSA) is 37.0 Å². The molecule has 1 aliphatic heterocycles. The van der Waals surface area contributed by atoms with Crippen LogP contribution in [0, 0.1) is 5.92 Å². The first-order valence-electron chi connectivity index (χ1n) is 7.21. The Balaban J connectivity index is 1.54. The molecule has 1 aliphatic rings. The lowest BCUT2D eigenvalue weighted by Gasteiger charge is -2.19. The van der Waals surface area contributed by atoms with Crippen molar-refractivity contribution in [1.82, 2.24) is 10.3 Å². The van der Waals surface area contributed by atoms with Crippen LogP contribution in [0.5, 0.6) is 0 Å². The van der Waals surface area contributed by atoms with Gasteiger partial charge in [-0.3, -0.25) is 0 Å². The van der Waals surface area contributed by atoms with E-state index in [-0.39, 0.29) is 0 Å². The van der Waals surface area contributed by atoms with Gasteiger partial charge in [-0.25, -0.2) is 0 Å². The molecule has 3 nitrogen and oxygen atoms in total. The van der Waals surface area contributed by atoms with Crippen molar-refractivity contribution in [2.24, 2.45) is 5.92 Å². The second-order valence-corrected chi connectivity index (χ2v) is 5.48. The summed E-state index contributed by atoms with van der Waals surface area (Å²) in [5.41, 5.74) is 2.63. The Morgan fingerprint density at radius 1 is 1.42 bits per heavy atom. The molecule has 0 aliphatic carbocycles. The molecule has 102 valence electrons. The number of para-hydroxylation sites is 1. The Morgan fingerprint density at radius 3 is 3.16 bits per heavy atom. The minimum Gasteiger partial charge on any atom is -0.381 e. The molecule has 1 saturated heterocycles. The largest absolute Gasteiger partial charge is 0.381 e.